The molecular weight excluding hydrogens is 252 g/mol. The molecule has 2 atom stereocenters. The zero-order chi connectivity index (χ0) is 13.8. The van der Waals surface area contributed by atoms with Crippen LogP contribution in [0.15, 0.2) is 30.7 Å². The average Bonchev–Trinajstić information content (AvgIpc) is 3.17. The first-order chi connectivity index (χ1) is 9.84. The van der Waals surface area contributed by atoms with Gasteiger partial charge in [-0.05, 0) is 31.4 Å². The third kappa shape index (κ3) is 2.89. The number of rotatable bonds is 5. The van der Waals surface area contributed by atoms with Crippen LogP contribution in [0.2, 0.25) is 0 Å². The number of aromatic nitrogens is 3. The summed E-state index contributed by atoms with van der Waals surface area (Å²) in [5, 5.41) is 10.8. The SMILES string of the molecule is CC(NCc1cn[nH]c1-c1cccnc1)C1CCOC1. The summed E-state index contributed by atoms with van der Waals surface area (Å²) in [6.07, 6.45) is 6.66. The largest absolute Gasteiger partial charge is 0.381 e. The van der Waals surface area contributed by atoms with E-state index in [1.165, 1.54) is 5.56 Å². The lowest BCUT2D eigenvalue weighted by Crippen LogP contribution is -2.33. The van der Waals surface area contributed by atoms with Crippen molar-refractivity contribution in [3.8, 4) is 11.3 Å². The minimum atomic E-state index is 0.453. The van der Waals surface area contributed by atoms with E-state index in [1.54, 1.807) is 6.20 Å². The van der Waals surface area contributed by atoms with Crippen LogP contribution in [-0.2, 0) is 11.3 Å². The quantitative estimate of drug-likeness (QED) is 0.873. The maximum atomic E-state index is 5.44. The number of hydrogen-bond donors (Lipinski definition) is 2. The third-order valence-electron chi connectivity index (χ3n) is 3.95. The van der Waals surface area contributed by atoms with E-state index in [2.05, 4.69) is 27.4 Å². The predicted octanol–water partition coefficient (Wildman–Crippen LogP) is 1.99. The van der Waals surface area contributed by atoms with Crippen LogP contribution in [0.4, 0.5) is 0 Å². The molecule has 0 amide bonds. The smallest absolute Gasteiger partial charge is 0.0710 e. The molecule has 0 spiro atoms. The maximum Gasteiger partial charge on any atom is 0.0710 e. The highest BCUT2D eigenvalue weighted by Gasteiger charge is 2.22. The zero-order valence-electron chi connectivity index (χ0n) is 11.7. The van der Waals surface area contributed by atoms with E-state index in [-0.39, 0.29) is 0 Å². The fraction of sp³-hybridized carbons (Fsp3) is 0.467. The molecule has 5 heteroatoms. The van der Waals surface area contributed by atoms with Gasteiger partial charge in [0.15, 0.2) is 0 Å². The highest BCUT2D eigenvalue weighted by Crippen LogP contribution is 2.21. The number of pyridine rings is 1. The van der Waals surface area contributed by atoms with Crippen molar-refractivity contribution in [2.75, 3.05) is 13.2 Å². The first kappa shape index (κ1) is 13.3. The second kappa shape index (κ2) is 6.15. The Bertz CT molecular complexity index is 534. The minimum absolute atomic E-state index is 0.453. The molecule has 0 bridgehead atoms. The summed E-state index contributed by atoms with van der Waals surface area (Å²) in [4.78, 5) is 4.16. The van der Waals surface area contributed by atoms with Crippen molar-refractivity contribution < 1.29 is 4.74 Å². The number of nitrogens with one attached hydrogen (secondary N) is 2. The van der Waals surface area contributed by atoms with Gasteiger partial charge in [0.25, 0.3) is 0 Å². The van der Waals surface area contributed by atoms with E-state index < -0.39 is 0 Å². The lowest BCUT2D eigenvalue weighted by Gasteiger charge is -2.19. The van der Waals surface area contributed by atoms with E-state index in [9.17, 15) is 0 Å². The predicted molar refractivity (Wildman–Crippen MR) is 77.0 cm³/mol. The van der Waals surface area contributed by atoms with Gasteiger partial charge in [-0.2, -0.15) is 5.10 Å². The number of ether oxygens (including phenoxy) is 1. The normalized spacial score (nSPS) is 20.1. The zero-order valence-corrected chi connectivity index (χ0v) is 11.7. The van der Waals surface area contributed by atoms with Crippen molar-refractivity contribution in [2.45, 2.75) is 25.9 Å². The molecule has 0 aromatic carbocycles. The Kier molecular flexibility index (Phi) is 4.08. The summed E-state index contributed by atoms with van der Waals surface area (Å²) in [6.45, 7) is 4.79. The van der Waals surface area contributed by atoms with Crippen LogP contribution in [-0.4, -0.2) is 34.4 Å². The number of hydrogen-bond acceptors (Lipinski definition) is 4. The van der Waals surface area contributed by atoms with Gasteiger partial charge in [0.2, 0.25) is 0 Å². The number of aromatic amines is 1. The first-order valence-corrected chi connectivity index (χ1v) is 7.08. The molecule has 1 saturated heterocycles. The lowest BCUT2D eigenvalue weighted by molar-refractivity contribution is 0.178. The Morgan fingerprint density at radius 3 is 3.20 bits per heavy atom. The van der Waals surface area contributed by atoms with E-state index in [0.717, 1.165) is 37.4 Å². The van der Waals surface area contributed by atoms with Crippen LogP contribution in [0.25, 0.3) is 11.3 Å². The Balaban J connectivity index is 1.65. The summed E-state index contributed by atoms with van der Waals surface area (Å²) in [5.74, 6) is 0.615. The third-order valence-corrected chi connectivity index (χ3v) is 3.95. The fourth-order valence-electron chi connectivity index (χ4n) is 2.59. The summed E-state index contributed by atoms with van der Waals surface area (Å²) < 4.78 is 5.44. The van der Waals surface area contributed by atoms with Crippen molar-refractivity contribution in [1.29, 1.82) is 0 Å². The Morgan fingerprint density at radius 1 is 1.50 bits per heavy atom. The Hall–Kier alpha value is -1.72. The van der Waals surface area contributed by atoms with Crippen molar-refractivity contribution >= 4 is 0 Å². The number of H-pyrrole nitrogens is 1. The molecule has 0 radical (unpaired) electrons. The lowest BCUT2D eigenvalue weighted by atomic mass is 10.0. The molecule has 1 aliphatic heterocycles. The van der Waals surface area contributed by atoms with Crippen LogP contribution in [0.3, 0.4) is 0 Å². The van der Waals surface area contributed by atoms with Crippen LogP contribution < -0.4 is 5.32 Å². The minimum Gasteiger partial charge on any atom is -0.381 e. The van der Waals surface area contributed by atoms with Crippen LogP contribution >= 0.6 is 0 Å². The van der Waals surface area contributed by atoms with E-state index in [4.69, 9.17) is 4.74 Å². The van der Waals surface area contributed by atoms with Crippen LogP contribution in [0.5, 0.6) is 0 Å². The maximum absolute atomic E-state index is 5.44. The molecule has 2 aromatic rings. The Labute approximate surface area is 118 Å². The highest BCUT2D eigenvalue weighted by molar-refractivity contribution is 5.61. The molecule has 1 aliphatic rings. The van der Waals surface area contributed by atoms with Crippen molar-refractivity contribution in [3.05, 3.63) is 36.3 Å². The standard InChI is InChI=1S/C15H20N4O/c1-11(13-4-6-20-10-13)17-8-14-9-18-19-15(14)12-3-2-5-16-7-12/h2-3,5,7,9,11,13,17H,4,6,8,10H2,1H3,(H,18,19). The van der Waals surface area contributed by atoms with Gasteiger partial charge < -0.3 is 10.1 Å². The molecule has 3 heterocycles. The highest BCUT2D eigenvalue weighted by atomic mass is 16.5. The molecule has 1 fully saturated rings. The fourth-order valence-corrected chi connectivity index (χ4v) is 2.59. The van der Waals surface area contributed by atoms with Gasteiger partial charge >= 0.3 is 0 Å². The second-order valence-corrected chi connectivity index (χ2v) is 5.31. The topological polar surface area (TPSA) is 62.8 Å². The van der Waals surface area contributed by atoms with Crippen molar-refractivity contribution in [2.24, 2.45) is 5.92 Å². The van der Waals surface area contributed by atoms with Crippen LogP contribution in [0, 0.1) is 5.92 Å². The van der Waals surface area contributed by atoms with Gasteiger partial charge in [0.1, 0.15) is 0 Å². The second-order valence-electron chi connectivity index (χ2n) is 5.31. The monoisotopic (exact) mass is 272 g/mol. The van der Waals surface area contributed by atoms with Crippen molar-refractivity contribution in [3.63, 3.8) is 0 Å². The molecule has 5 nitrogen and oxygen atoms in total. The van der Waals surface area contributed by atoms with Gasteiger partial charge in [-0.1, -0.05) is 0 Å². The van der Waals surface area contributed by atoms with Gasteiger partial charge in [-0.25, -0.2) is 0 Å². The summed E-state index contributed by atoms with van der Waals surface area (Å²) in [5.41, 5.74) is 3.28. The molecule has 20 heavy (non-hydrogen) atoms. The summed E-state index contributed by atoms with van der Waals surface area (Å²) in [6, 6.07) is 4.43. The molecule has 106 valence electrons. The van der Waals surface area contributed by atoms with Crippen LogP contribution in [0.1, 0.15) is 18.9 Å². The molecule has 2 aromatic heterocycles. The van der Waals surface area contributed by atoms with Gasteiger partial charge in [-0.15, -0.1) is 0 Å². The first-order valence-electron chi connectivity index (χ1n) is 7.08. The summed E-state index contributed by atoms with van der Waals surface area (Å²) in [7, 11) is 0. The van der Waals surface area contributed by atoms with Gasteiger partial charge in [-0.3, -0.25) is 10.1 Å². The van der Waals surface area contributed by atoms with Crippen molar-refractivity contribution in [1.82, 2.24) is 20.5 Å². The molecule has 3 rings (SSSR count). The molecule has 2 unspecified atom stereocenters. The molecule has 2 N–H and O–H groups in total. The molecular formula is C15H20N4O. The van der Waals surface area contributed by atoms with E-state index in [1.807, 2.05) is 24.5 Å². The number of nitrogens with zero attached hydrogens (tertiary/aromatic N) is 2. The van der Waals surface area contributed by atoms with Gasteiger partial charge in [0, 0.05) is 42.7 Å². The van der Waals surface area contributed by atoms with E-state index in [0.29, 0.717) is 12.0 Å². The Morgan fingerprint density at radius 2 is 2.45 bits per heavy atom. The average molecular weight is 272 g/mol. The summed E-state index contributed by atoms with van der Waals surface area (Å²) >= 11 is 0. The van der Waals surface area contributed by atoms with Gasteiger partial charge in [0.05, 0.1) is 18.5 Å². The molecule has 0 saturated carbocycles. The van der Waals surface area contributed by atoms with E-state index >= 15 is 0 Å². The molecule has 0 aliphatic carbocycles.